The third-order valence-corrected chi connectivity index (χ3v) is 3.73. The molecule has 5 nitrogen and oxygen atoms in total. The predicted molar refractivity (Wildman–Crippen MR) is 84.4 cm³/mol. The fourth-order valence-corrected chi connectivity index (χ4v) is 2.41. The Morgan fingerprint density at radius 1 is 1.20 bits per heavy atom. The van der Waals surface area contributed by atoms with E-state index >= 15 is 0 Å². The Balaban J connectivity index is 1.92. The van der Waals surface area contributed by atoms with Gasteiger partial charge in [0.1, 0.15) is 29.6 Å². The molecule has 0 atom stereocenters. The number of aryl methyl sites for hydroxylation is 1. The number of phenols is 1. The van der Waals surface area contributed by atoms with E-state index < -0.39 is 28.8 Å². The fourth-order valence-electron chi connectivity index (χ4n) is 2.41. The second-order valence-electron chi connectivity index (χ2n) is 5.38. The molecule has 0 saturated carbocycles. The summed E-state index contributed by atoms with van der Waals surface area (Å²) in [6.45, 7) is 1.26. The lowest BCUT2D eigenvalue weighted by Crippen LogP contribution is -2.10. The zero-order valence-corrected chi connectivity index (χ0v) is 13.0. The van der Waals surface area contributed by atoms with E-state index in [1.54, 1.807) is 6.92 Å². The predicted octanol–water partition coefficient (Wildman–Crippen LogP) is 3.44. The SMILES string of the molecule is Cc1c(O)ccc2c(COC(=O)c3ccc(F)cc3F)cc(=O)oc12. The Hall–Kier alpha value is -3.22. The third kappa shape index (κ3) is 3.21. The number of benzene rings is 2. The molecule has 0 fully saturated rings. The monoisotopic (exact) mass is 346 g/mol. The van der Waals surface area contributed by atoms with Gasteiger partial charge < -0.3 is 14.3 Å². The van der Waals surface area contributed by atoms with E-state index in [0.29, 0.717) is 22.6 Å². The molecular weight excluding hydrogens is 334 g/mol. The maximum Gasteiger partial charge on any atom is 0.341 e. The zero-order valence-electron chi connectivity index (χ0n) is 13.0. The Morgan fingerprint density at radius 3 is 2.68 bits per heavy atom. The van der Waals surface area contributed by atoms with Gasteiger partial charge in [-0.3, -0.25) is 0 Å². The summed E-state index contributed by atoms with van der Waals surface area (Å²) in [5, 5.41) is 10.2. The summed E-state index contributed by atoms with van der Waals surface area (Å²) >= 11 is 0. The molecule has 25 heavy (non-hydrogen) atoms. The standard InChI is InChI=1S/C18H12F2O5/c1-9-15(21)5-4-12-10(6-16(22)25-17(9)12)8-24-18(23)13-3-2-11(19)7-14(13)20/h2-7,21H,8H2,1H3. The molecule has 0 amide bonds. The fraction of sp³-hybridized carbons (Fsp3) is 0.111. The van der Waals surface area contributed by atoms with Gasteiger partial charge in [0.05, 0.1) is 5.56 Å². The molecule has 128 valence electrons. The molecule has 2 aromatic carbocycles. The maximum atomic E-state index is 13.6. The number of ether oxygens (including phenoxy) is 1. The number of phenolic OH excluding ortho intramolecular Hbond substituents is 1. The minimum Gasteiger partial charge on any atom is -0.508 e. The summed E-state index contributed by atoms with van der Waals surface area (Å²) < 4.78 is 36.6. The van der Waals surface area contributed by atoms with Crippen molar-refractivity contribution in [3.05, 3.63) is 75.1 Å². The number of aromatic hydroxyl groups is 1. The highest BCUT2D eigenvalue weighted by Crippen LogP contribution is 2.27. The molecule has 0 aliphatic heterocycles. The van der Waals surface area contributed by atoms with Crippen LogP contribution in [0.5, 0.6) is 5.75 Å². The molecule has 1 heterocycles. The van der Waals surface area contributed by atoms with Crippen molar-refractivity contribution in [2.24, 2.45) is 0 Å². The normalized spacial score (nSPS) is 10.8. The summed E-state index contributed by atoms with van der Waals surface area (Å²) in [4.78, 5) is 23.6. The number of rotatable bonds is 3. The number of hydrogen-bond acceptors (Lipinski definition) is 5. The summed E-state index contributed by atoms with van der Waals surface area (Å²) in [6.07, 6.45) is 0. The minimum absolute atomic E-state index is 0.0434. The molecule has 1 aromatic heterocycles. The van der Waals surface area contributed by atoms with Crippen molar-refractivity contribution < 1.29 is 27.8 Å². The molecule has 0 unspecified atom stereocenters. The van der Waals surface area contributed by atoms with E-state index in [2.05, 4.69) is 0 Å². The Bertz CT molecular complexity index is 1040. The van der Waals surface area contributed by atoms with Gasteiger partial charge in [-0.1, -0.05) is 0 Å². The van der Waals surface area contributed by atoms with Crippen LogP contribution in [0.15, 0.2) is 45.6 Å². The van der Waals surface area contributed by atoms with Crippen molar-refractivity contribution in [1.29, 1.82) is 0 Å². The Morgan fingerprint density at radius 2 is 1.96 bits per heavy atom. The van der Waals surface area contributed by atoms with Gasteiger partial charge in [-0.2, -0.15) is 0 Å². The van der Waals surface area contributed by atoms with Crippen molar-refractivity contribution in [2.75, 3.05) is 0 Å². The summed E-state index contributed by atoms with van der Waals surface area (Å²) in [5.41, 5.74) is -0.216. The van der Waals surface area contributed by atoms with Crippen LogP contribution in [-0.4, -0.2) is 11.1 Å². The van der Waals surface area contributed by atoms with Crippen LogP contribution < -0.4 is 5.63 Å². The van der Waals surface area contributed by atoms with Gasteiger partial charge in [-0.25, -0.2) is 18.4 Å². The quantitative estimate of drug-likeness (QED) is 0.581. The molecule has 3 rings (SSSR count). The number of carbonyl (C=O) groups excluding carboxylic acids is 1. The molecule has 3 aromatic rings. The van der Waals surface area contributed by atoms with Crippen LogP contribution in [0.25, 0.3) is 11.0 Å². The molecule has 0 spiro atoms. The minimum atomic E-state index is -1.04. The summed E-state index contributed by atoms with van der Waals surface area (Å²) in [7, 11) is 0. The summed E-state index contributed by atoms with van der Waals surface area (Å²) in [6, 6.07) is 6.58. The lowest BCUT2D eigenvalue weighted by atomic mass is 10.1. The van der Waals surface area contributed by atoms with Crippen molar-refractivity contribution in [1.82, 2.24) is 0 Å². The van der Waals surface area contributed by atoms with Crippen LogP contribution >= 0.6 is 0 Å². The van der Waals surface area contributed by atoms with Gasteiger partial charge in [-0.05, 0) is 31.2 Å². The van der Waals surface area contributed by atoms with Gasteiger partial charge in [0, 0.05) is 28.6 Å². The lowest BCUT2D eigenvalue weighted by Gasteiger charge is -2.09. The molecule has 0 radical (unpaired) electrons. The van der Waals surface area contributed by atoms with Crippen molar-refractivity contribution in [3.63, 3.8) is 0 Å². The Kier molecular flexibility index (Phi) is 4.22. The van der Waals surface area contributed by atoms with E-state index in [0.717, 1.165) is 18.2 Å². The van der Waals surface area contributed by atoms with Crippen molar-refractivity contribution >= 4 is 16.9 Å². The van der Waals surface area contributed by atoms with Gasteiger partial charge in [0.25, 0.3) is 0 Å². The molecule has 0 aliphatic rings. The van der Waals surface area contributed by atoms with Crippen LogP contribution in [-0.2, 0) is 11.3 Å². The molecule has 0 bridgehead atoms. The van der Waals surface area contributed by atoms with E-state index in [9.17, 15) is 23.5 Å². The highest BCUT2D eigenvalue weighted by Gasteiger charge is 2.16. The molecule has 0 aliphatic carbocycles. The van der Waals surface area contributed by atoms with Crippen molar-refractivity contribution in [2.45, 2.75) is 13.5 Å². The van der Waals surface area contributed by atoms with Gasteiger partial charge in [0.2, 0.25) is 0 Å². The number of fused-ring (bicyclic) bond motifs is 1. The largest absolute Gasteiger partial charge is 0.508 e. The first kappa shape index (κ1) is 16.6. The van der Waals surface area contributed by atoms with Crippen molar-refractivity contribution in [3.8, 4) is 5.75 Å². The topological polar surface area (TPSA) is 76.7 Å². The first-order valence-corrected chi connectivity index (χ1v) is 7.24. The Labute approximate surface area is 140 Å². The zero-order chi connectivity index (χ0) is 18.1. The third-order valence-electron chi connectivity index (χ3n) is 3.73. The number of carbonyl (C=O) groups is 1. The first-order chi connectivity index (χ1) is 11.9. The highest BCUT2D eigenvalue weighted by molar-refractivity contribution is 5.90. The van der Waals surface area contributed by atoms with E-state index in [1.807, 2.05) is 0 Å². The van der Waals surface area contributed by atoms with Gasteiger partial charge in [0.15, 0.2) is 0 Å². The van der Waals surface area contributed by atoms with Crippen LogP contribution in [0, 0.1) is 18.6 Å². The first-order valence-electron chi connectivity index (χ1n) is 7.24. The van der Waals surface area contributed by atoms with E-state index in [1.165, 1.54) is 12.1 Å². The van der Waals surface area contributed by atoms with Crippen LogP contribution in [0.4, 0.5) is 8.78 Å². The molecular formula is C18H12F2O5. The smallest absolute Gasteiger partial charge is 0.341 e. The van der Waals surface area contributed by atoms with Crippen LogP contribution in [0.2, 0.25) is 0 Å². The van der Waals surface area contributed by atoms with Gasteiger partial charge in [-0.15, -0.1) is 0 Å². The second kappa shape index (κ2) is 6.35. The highest BCUT2D eigenvalue weighted by atomic mass is 19.1. The molecule has 0 saturated heterocycles. The average molecular weight is 346 g/mol. The van der Waals surface area contributed by atoms with Crippen LogP contribution in [0.1, 0.15) is 21.5 Å². The van der Waals surface area contributed by atoms with E-state index in [4.69, 9.17) is 9.15 Å². The lowest BCUT2D eigenvalue weighted by molar-refractivity contribution is 0.0468. The number of halogens is 2. The number of esters is 1. The van der Waals surface area contributed by atoms with Gasteiger partial charge >= 0.3 is 11.6 Å². The second-order valence-corrected chi connectivity index (χ2v) is 5.38. The van der Waals surface area contributed by atoms with Crippen LogP contribution in [0.3, 0.4) is 0 Å². The number of hydrogen-bond donors (Lipinski definition) is 1. The average Bonchev–Trinajstić information content (AvgIpc) is 2.56. The maximum absolute atomic E-state index is 13.6. The molecule has 1 N–H and O–H groups in total. The summed E-state index contributed by atoms with van der Waals surface area (Å²) in [5.74, 6) is -2.88. The van der Waals surface area contributed by atoms with E-state index in [-0.39, 0.29) is 17.9 Å². The molecule has 7 heteroatoms.